The molecule has 0 aliphatic heterocycles. The van der Waals surface area contributed by atoms with Gasteiger partial charge in [-0.1, -0.05) is 36.8 Å². The smallest absolute Gasteiger partial charge is 0.274 e. The summed E-state index contributed by atoms with van der Waals surface area (Å²) in [6.07, 6.45) is 0.709. The number of carbonyl (C=O) groups is 1. The second-order valence-electron chi connectivity index (χ2n) is 5.25. The normalized spacial score (nSPS) is 21.8. The highest BCUT2D eigenvalue weighted by Gasteiger charge is 2.45. The van der Waals surface area contributed by atoms with Crippen LogP contribution in [-0.4, -0.2) is 32.2 Å². The summed E-state index contributed by atoms with van der Waals surface area (Å²) in [4.78, 5) is 12.0. The third kappa shape index (κ3) is 3.19. The lowest BCUT2D eigenvalue weighted by Gasteiger charge is -2.15. The van der Waals surface area contributed by atoms with Crippen molar-refractivity contribution in [1.29, 1.82) is 0 Å². The molecule has 1 aliphatic carbocycles. The van der Waals surface area contributed by atoms with Gasteiger partial charge in [-0.25, -0.2) is 4.72 Å². The number of benzene rings is 1. The molecule has 1 aliphatic rings. The Hall–Kier alpha value is -1.40. The molecule has 20 heavy (non-hydrogen) atoms. The zero-order valence-corrected chi connectivity index (χ0v) is 12.8. The van der Waals surface area contributed by atoms with Crippen LogP contribution in [0.5, 0.6) is 0 Å². The van der Waals surface area contributed by atoms with Gasteiger partial charge in [0, 0.05) is 19.5 Å². The fraction of sp³-hybridized carbons (Fsp3) is 0.500. The first-order valence-electron chi connectivity index (χ1n) is 6.69. The van der Waals surface area contributed by atoms with Crippen LogP contribution in [0.2, 0.25) is 0 Å². The molecule has 2 atom stereocenters. The number of rotatable bonds is 5. The maximum atomic E-state index is 12.0. The zero-order chi connectivity index (χ0) is 14.9. The number of amides is 1. The van der Waals surface area contributed by atoms with Gasteiger partial charge in [-0.2, -0.15) is 12.7 Å². The van der Waals surface area contributed by atoms with Crippen molar-refractivity contribution in [2.24, 2.45) is 5.92 Å². The summed E-state index contributed by atoms with van der Waals surface area (Å²) in [5.41, 5.74) is 2.25. The van der Waals surface area contributed by atoms with Gasteiger partial charge in [0.1, 0.15) is 0 Å². The van der Waals surface area contributed by atoms with Gasteiger partial charge in [0.15, 0.2) is 0 Å². The maximum absolute atomic E-state index is 12.0. The van der Waals surface area contributed by atoms with Crippen LogP contribution >= 0.6 is 0 Å². The Kier molecular flexibility index (Phi) is 4.15. The Balaban J connectivity index is 2.00. The highest BCUT2D eigenvalue weighted by Crippen LogP contribution is 2.47. The Morgan fingerprint density at radius 1 is 1.45 bits per heavy atom. The molecule has 1 fully saturated rings. The van der Waals surface area contributed by atoms with Gasteiger partial charge in [-0.05, 0) is 24.8 Å². The second-order valence-corrected chi connectivity index (χ2v) is 7.03. The lowest BCUT2D eigenvalue weighted by Crippen LogP contribution is -2.42. The van der Waals surface area contributed by atoms with E-state index in [9.17, 15) is 13.2 Å². The lowest BCUT2D eigenvalue weighted by molar-refractivity contribution is -0.120. The van der Waals surface area contributed by atoms with Crippen LogP contribution in [0.15, 0.2) is 24.3 Å². The summed E-state index contributed by atoms with van der Waals surface area (Å²) in [5.74, 6) is -0.509. The summed E-state index contributed by atoms with van der Waals surface area (Å²) in [5, 5.41) is 0. The van der Waals surface area contributed by atoms with Crippen molar-refractivity contribution in [2.45, 2.75) is 26.2 Å². The zero-order valence-electron chi connectivity index (χ0n) is 12.0. The van der Waals surface area contributed by atoms with Crippen LogP contribution in [-0.2, 0) is 15.0 Å². The minimum Gasteiger partial charge on any atom is -0.274 e. The van der Waals surface area contributed by atoms with Crippen LogP contribution in [0, 0.1) is 12.8 Å². The van der Waals surface area contributed by atoms with Crippen molar-refractivity contribution in [3.63, 3.8) is 0 Å². The number of hydrogen-bond donors (Lipinski definition) is 1. The van der Waals surface area contributed by atoms with Crippen molar-refractivity contribution < 1.29 is 13.2 Å². The van der Waals surface area contributed by atoms with Gasteiger partial charge in [-0.15, -0.1) is 0 Å². The Morgan fingerprint density at radius 2 is 2.15 bits per heavy atom. The van der Waals surface area contributed by atoms with Crippen LogP contribution < -0.4 is 4.72 Å². The topological polar surface area (TPSA) is 66.5 Å². The van der Waals surface area contributed by atoms with E-state index in [1.54, 1.807) is 6.92 Å². The third-order valence-electron chi connectivity index (χ3n) is 3.68. The highest BCUT2D eigenvalue weighted by atomic mass is 32.2. The van der Waals surface area contributed by atoms with Crippen LogP contribution in [0.4, 0.5) is 0 Å². The molecule has 1 saturated carbocycles. The fourth-order valence-electron chi connectivity index (χ4n) is 2.20. The summed E-state index contributed by atoms with van der Waals surface area (Å²) in [6.45, 7) is 4.05. The summed E-state index contributed by atoms with van der Waals surface area (Å²) in [7, 11) is -2.25. The van der Waals surface area contributed by atoms with E-state index in [0.717, 1.165) is 15.4 Å². The predicted octanol–water partition coefficient (Wildman–Crippen LogP) is 1.41. The predicted molar refractivity (Wildman–Crippen MR) is 77.4 cm³/mol. The van der Waals surface area contributed by atoms with Gasteiger partial charge in [0.25, 0.3) is 0 Å². The fourth-order valence-corrected chi connectivity index (χ4v) is 3.11. The van der Waals surface area contributed by atoms with E-state index in [-0.39, 0.29) is 11.8 Å². The highest BCUT2D eigenvalue weighted by molar-refractivity contribution is 7.87. The molecular weight excluding hydrogens is 276 g/mol. The molecule has 0 radical (unpaired) electrons. The van der Waals surface area contributed by atoms with E-state index in [2.05, 4.69) is 4.72 Å². The van der Waals surface area contributed by atoms with Crippen LogP contribution in [0.3, 0.4) is 0 Å². The molecule has 1 aromatic rings. The van der Waals surface area contributed by atoms with E-state index >= 15 is 0 Å². The van der Waals surface area contributed by atoms with E-state index < -0.39 is 16.1 Å². The van der Waals surface area contributed by atoms with Gasteiger partial charge in [-0.3, -0.25) is 4.79 Å². The average Bonchev–Trinajstić information content (AvgIpc) is 3.17. The number of carbonyl (C=O) groups excluding carboxylic acids is 1. The quantitative estimate of drug-likeness (QED) is 0.893. The lowest BCUT2D eigenvalue weighted by atomic mass is 10.1. The Bertz CT molecular complexity index is 613. The van der Waals surface area contributed by atoms with Crippen LogP contribution in [0.25, 0.3) is 0 Å². The first-order valence-corrected chi connectivity index (χ1v) is 8.13. The second kappa shape index (κ2) is 5.54. The molecule has 110 valence electrons. The van der Waals surface area contributed by atoms with Gasteiger partial charge < -0.3 is 0 Å². The number of aryl methyl sites for hydroxylation is 1. The van der Waals surface area contributed by atoms with E-state index in [1.807, 2.05) is 31.2 Å². The molecule has 0 bridgehead atoms. The van der Waals surface area contributed by atoms with Crippen molar-refractivity contribution in [1.82, 2.24) is 9.03 Å². The molecule has 0 spiro atoms. The first-order chi connectivity index (χ1) is 9.35. The summed E-state index contributed by atoms with van der Waals surface area (Å²) >= 11 is 0. The molecule has 2 rings (SSSR count). The number of hydrogen-bond acceptors (Lipinski definition) is 3. The van der Waals surface area contributed by atoms with E-state index in [1.165, 1.54) is 7.05 Å². The molecule has 5 nitrogen and oxygen atoms in total. The molecular formula is C14H20N2O3S. The third-order valence-corrected chi connectivity index (χ3v) is 5.22. The van der Waals surface area contributed by atoms with Gasteiger partial charge in [0.05, 0.1) is 0 Å². The molecule has 0 unspecified atom stereocenters. The largest absolute Gasteiger partial charge is 0.303 e. The molecule has 1 aromatic carbocycles. The number of nitrogens with one attached hydrogen (secondary N) is 1. The Morgan fingerprint density at radius 3 is 2.75 bits per heavy atom. The molecule has 0 heterocycles. The SMILES string of the molecule is CCN(C)S(=O)(=O)NC(=O)[C@@H]1C[C@H]1c1cccc(C)c1. The first kappa shape index (κ1) is 15.0. The van der Waals surface area contributed by atoms with Crippen LogP contribution in [0.1, 0.15) is 30.4 Å². The summed E-state index contributed by atoms with van der Waals surface area (Å²) in [6, 6.07) is 7.99. The monoisotopic (exact) mass is 296 g/mol. The molecule has 0 aromatic heterocycles. The van der Waals surface area contributed by atoms with Crippen molar-refractivity contribution in [2.75, 3.05) is 13.6 Å². The van der Waals surface area contributed by atoms with Crippen molar-refractivity contribution in [3.8, 4) is 0 Å². The molecule has 0 saturated heterocycles. The van der Waals surface area contributed by atoms with Crippen molar-refractivity contribution >= 4 is 16.1 Å². The van der Waals surface area contributed by atoms with Crippen molar-refractivity contribution in [3.05, 3.63) is 35.4 Å². The van der Waals surface area contributed by atoms with Gasteiger partial charge >= 0.3 is 10.2 Å². The Labute approximate surface area is 120 Å². The summed E-state index contributed by atoms with van der Waals surface area (Å²) < 4.78 is 26.9. The molecule has 1 amide bonds. The standard InChI is InChI=1S/C14H20N2O3S/c1-4-16(3)20(18,19)15-14(17)13-9-12(13)11-7-5-6-10(2)8-11/h5-8,12-13H,4,9H2,1-3H3,(H,15,17)/t12-,13+/m0/s1. The number of nitrogens with zero attached hydrogens (tertiary/aromatic N) is 1. The van der Waals surface area contributed by atoms with Gasteiger partial charge in [0.2, 0.25) is 5.91 Å². The minimum absolute atomic E-state index is 0.136. The van der Waals surface area contributed by atoms with E-state index in [0.29, 0.717) is 13.0 Å². The average molecular weight is 296 g/mol. The van der Waals surface area contributed by atoms with E-state index in [4.69, 9.17) is 0 Å². The maximum Gasteiger partial charge on any atom is 0.303 e. The minimum atomic E-state index is -3.69. The molecule has 1 N–H and O–H groups in total. The molecule has 6 heteroatoms.